The molecule has 0 bridgehead atoms. The van der Waals surface area contributed by atoms with Gasteiger partial charge in [0.1, 0.15) is 0 Å². The first-order valence-electron chi connectivity index (χ1n) is 8.99. The van der Waals surface area contributed by atoms with Gasteiger partial charge in [0.25, 0.3) is 15.9 Å². The van der Waals surface area contributed by atoms with Crippen molar-refractivity contribution in [1.29, 1.82) is 0 Å². The number of hydrogen-bond donors (Lipinski definition) is 2. The second-order valence-electron chi connectivity index (χ2n) is 6.99. The van der Waals surface area contributed by atoms with Crippen LogP contribution < -0.4 is 15.4 Å². The molecule has 2 aromatic carbocycles. The Morgan fingerprint density at radius 2 is 1.89 bits per heavy atom. The van der Waals surface area contributed by atoms with Gasteiger partial charge in [-0.15, -0.1) is 0 Å². The van der Waals surface area contributed by atoms with Crippen LogP contribution in [-0.2, 0) is 10.0 Å². The molecule has 0 aliphatic heterocycles. The molecule has 3 rings (SSSR count). The third-order valence-corrected chi connectivity index (χ3v) is 6.70. The second kappa shape index (κ2) is 7.70. The SMILES string of the molecule is Cc1ccc(N(C)S(=O)(=O)c2cccc(C(=O)NC(CN)C3CC3)c2)cc1. The summed E-state index contributed by atoms with van der Waals surface area (Å²) in [6.07, 6.45) is 2.13. The van der Waals surface area contributed by atoms with Crippen LogP contribution in [0.3, 0.4) is 0 Å². The van der Waals surface area contributed by atoms with Crippen LogP contribution in [0.4, 0.5) is 5.69 Å². The molecule has 1 aliphatic rings. The predicted molar refractivity (Wildman–Crippen MR) is 106 cm³/mol. The summed E-state index contributed by atoms with van der Waals surface area (Å²) in [5.74, 6) is 0.130. The van der Waals surface area contributed by atoms with Crippen LogP contribution in [0.1, 0.15) is 28.8 Å². The van der Waals surface area contributed by atoms with Gasteiger partial charge < -0.3 is 11.1 Å². The standard InChI is InChI=1S/C20H25N3O3S/c1-14-6-10-17(11-7-14)23(2)27(25,26)18-5-3-4-16(12-18)20(24)22-19(13-21)15-8-9-15/h3-7,10-12,15,19H,8-9,13,21H2,1-2H3,(H,22,24). The number of benzene rings is 2. The smallest absolute Gasteiger partial charge is 0.264 e. The molecule has 1 aliphatic carbocycles. The fourth-order valence-electron chi connectivity index (χ4n) is 2.97. The van der Waals surface area contributed by atoms with Crippen molar-refractivity contribution in [3.63, 3.8) is 0 Å². The Morgan fingerprint density at radius 1 is 1.22 bits per heavy atom. The third kappa shape index (κ3) is 4.31. The molecule has 0 heterocycles. The topological polar surface area (TPSA) is 92.5 Å². The van der Waals surface area contributed by atoms with Crippen LogP contribution >= 0.6 is 0 Å². The highest BCUT2D eigenvalue weighted by Crippen LogP contribution is 2.32. The Bertz CT molecular complexity index is 922. The largest absolute Gasteiger partial charge is 0.348 e. The van der Waals surface area contributed by atoms with E-state index in [1.54, 1.807) is 24.3 Å². The highest BCUT2D eigenvalue weighted by Gasteiger charge is 2.31. The molecule has 0 spiro atoms. The van der Waals surface area contributed by atoms with E-state index in [-0.39, 0.29) is 16.8 Å². The lowest BCUT2D eigenvalue weighted by molar-refractivity contribution is 0.0933. The number of nitrogens with one attached hydrogen (secondary N) is 1. The van der Waals surface area contributed by atoms with Gasteiger partial charge in [0, 0.05) is 25.2 Å². The Hall–Kier alpha value is -2.38. The monoisotopic (exact) mass is 387 g/mol. The van der Waals surface area contributed by atoms with E-state index in [9.17, 15) is 13.2 Å². The van der Waals surface area contributed by atoms with Gasteiger partial charge >= 0.3 is 0 Å². The van der Waals surface area contributed by atoms with Crippen molar-refractivity contribution in [2.45, 2.75) is 30.7 Å². The van der Waals surface area contributed by atoms with Gasteiger partial charge in [-0.25, -0.2) is 8.42 Å². The molecular weight excluding hydrogens is 362 g/mol. The van der Waals surface area contributed by atoms with Crippen LogP contribution in [0.15, 0.2) is 53.4 Å². The molecule has 0 radical (unpaired) electrons. The maximum Gasteiger partial charge on any atom is 0.264 e. The molecule has 7 heteroatoms. The number of sulfonamides is 1. The Kier molecular flexibility index (Phi) is 5.53. The van der Waals surface area contributed by atoms with Crippen LogP contribution in [0.25, 0.3) is 0 Å². The van der Waals surface area contributed by atoms with E-state index in [2.05, 4.69) is 5.32 Å². The van der Waals surface area contributed by atoms with Gasteiger partial charge in [-0.05, 0) is 56.0 Å². The summed E-state index contributed by atoms with van der Waals surface area (Å²) in [4.78, 5) is 12.6. The molecule has 1 atom stereocenters. The second-order valence-corrected chi connectivity index (χ2v) is 8.96. The van der Waals surface area contributed by atoms with Crippen LogP contribution in [0.2, 0.25) is 0 Å². The number of carbonyl (C=O) groups excluding carboxylic acids is 1. The highest BCUT2D eigenvalue weighted by atomic mass is 32.2. The fourth-order valence-corrected chi connectivity index (χ4v) is 4.21. The predicted octanol–water partition coefficient (Wildman–Crippen LogP) is 2.29. The average molecular weight is 388 g/mol. The van der Waals surface area contributed by atoms with Crippen molar-refractivity contribution < 1.29 is 13.2 Å². The Balaban J connectivity index is 1.82. The normalized spacial score (nSPS) is 15.2. The summed E-state index contributed by atoms with van der Waals surface area (Å²) in [5, 5.41) is 2.92. The van der Waals surface area contributed by atoms with E-state index in [4.69, 9.17) is 5.73 Å². The molecule has 1 amide bonds. The van der Waals surface area contributed by atoms with Crippen LogP contribution in [-0.4, -0.2) is 34.0 Å². The zero-order valence-electron chi connectivity index (χ0n) is 15.6. The quantitative estimate of drug-likeness (QED) is 0.762. The number of hydrogen-bond acceptors (Lipinski definition) is 4. The van der Waals surface area contributed by atoms with Gasteiger partial charge in [0.15, 0.2) is 0 Å². The first kappa shape index (κ1) is 19.4. The minimum Gasteiger partial charge on any atom is -0.348 e. The zero-order valence-corrected chi connectivity index (χ0v) is 16.4. The van der Waals surface area contributed by atoms with Gasteiger partial charge in [-0.3, -0.25) is 9.10 Å². The first-order chi connectivity index (χ1) is 12.8. The summed E-state index contributed by atoms with van der Waals surface area (Å²) >= 11 is 0. The number of nitrogens with two attached hydrogens (primary N) is 1. The minimum atomic E-state index is -3.77. The Labute approximate surface area is 160 Å². The molecule has 0 saturated heterocycles. The molecule has 144 valence electrons. The minimum absolute atomic E-state index is 0.0620. The van der Waals surface area contributed by atoms with E-state index < -0.39 is 10.0 Å². The molecule has 27 heavy (non-hydrogen) atoms. The Morgan fingerprint density at radius 3 is 2.48 bits per heavy atom. The lowest BCUT2D eigenvalue weighted by Gasteiger charge is -2.20. The first-order valence-corrected chi connectivity index (χ1v) is 10.4. The molecule has 1 saturated carbocycles. The highest BCUT2D eigenvalue weighted by molar-refractivity contribution is 7.92. The summed E-state index contributed by atoms with van der Waals surface area (Å²) in [6.45, 7) is 2.32. The molecule has 6 nitrogen and oxygen atoms in total. The lowest BCUT2D eigenvalue weighted by Crippen LogP contribution is -2.41. The lowest BCUT2D eigenvalue weighted by atomic mass is 10.1. The summed E-state index contributed by atoms with van der Waals surface area (Å²) in [5.41, 5.74) is 7.66. The van der Waals surface area contributed by atoms with Crippen LogP contribution in [0, 0.1) is 12.8 Å². The van der Waals surface area contributed by atoms with Crippen molar-refractivity contribution in [3.05, 3.63) is 59.7 Å². The molecule has 1 fully saturated rings. The summed E-state index contributed by atoms with van der Waals surface area (Å²) < 4.78 is 27.1. The summed E-state index contributed by atoms with van der Waals surface area (Å²) in [7, 11) is -2.27. The van der Waals surface area contributed by atoms with E-state index >= 15 is 0 Å². The van der Waals surface area contributed by atoms with Gasteiger partial charge in [0.2, 0.25) is 0 Å². The number of nitrogens with zero attached hydrogens (tertiary/aromatic N) is 1. The number of carbonyl (C=O) groups is 1. The molecule has 1 unspecified atom stereocenters. The van der Waals surface area contributed by atoms with Crippen molar-refractivity contribution in [2.75, 3.05) is 17.9 Å². The van der Waals surface area contributed by atoms with E-state index in [1.165, 1.54) is 23.5 Å². The van der Waals surface area contributed by atoms with Crippen molar-refractivity contribution in [3.8, 4) is 0 Å². The van der Waals surface area contributed by atoms with Crippen molar-refractivity contribution in [1.82, 2.24) is 5.32 Å². The van der Waals surface area contributed by atoms with E-state index in [1.807, 2.05) is 19.1 Å². The number of aryl methyl sites for hydroxylation is 1. The number of amides is 1. The zero-order chi connectivity index (χ0) is 19.6. The fraction of sp³-hybridized carbons (Fsp3) is 0.350. The van der Waals surface area contributed by atoms with Gasteiger partial charge in [-0.2, -0.15) is 0 Å². The molecule has 0 aromatic heterocycles. The molecular formula is C20H25N3O3S. The third-order valence-electron chi connectivity index (χ3n) is 4.91. The van der Waals surface area contributed by atoms with Gasteiger partial charge in [-0.1, -0.05) is 23.8 Å². The van der Waals surface area contributed by atoms with E-state index in [0.717, 1.165) is 18.4 Å². The van der Waals surface area contributed by atoms with Gasteiger partial charge in [0.05, 0.1) is 10.6 Å². The van der Waals surface area contributed by atoms with Crippen molar-refractivity contribution in [2.24, 2.45) is 11.7 Å². The average Bonchev–Trinajstić information content (AvgIpc) is 3.51. The van der Waals surface area contributed by atoms with Crippen molar-refractivity contribution >= 4 is 21.6 Å². The number of rotatable bonds is 7. The molecule has 2 aromatic rings. The number of anilines is 1. The van der Waals surface area contributed by atoms with Crippen LogP contribution in [0.5, 0.6) is 0 Å². The summed E-state index contributed by atoms with van der Waals surface area (Å²) in [6, 6.07) is 13.3. The molecule has 3 N–H and O–H groups in total. The maximum absolute atomic E-state index is 13.0. The maximum atomic E-state index is 13.0. The van der Waals surface area contributed by atoms with E-state index in [0.29, 0.717) is 23.7 Å².